The molecule has 2 aromatic rings. The van der Waals surface area contributed by atoms with Gasteiger partial charge in [0.25, 0.3) is 0 Å². The van der Waals surface area contributed by atoms with Gasteiger partial charge in [0, 0.05) is 35.1 Å². The molecule has 0 bridgehead atoms. The maximum Gasteiger partial charge on any atom is 0.130 e. The van der Waals surface area contributed by atoms with E-state index in [4.69, 9.17) is 0 Å². The van der Waals surface area contributed by atoms with Gasteiger partial charge in [-0.3, -0.25) is 0 Å². The summed E-state index contributed by atoms with van der Waals surface area (Å²) in [7, 11) is 0. The maximum absolute atomic E-state index is 4.30. The predicted octanol–water partition coefficient (Wildman–Crippen LogP) is 4.43. The molecule has 0 aliphatic heterocycles. The number of aromatic nitrogens is 1. The number of nitrogens with zero attached hydrogens (tertiary/aromatic N) is 2. The molecule has 19 heavy (non-hydrogen) atoms. The van der Waals surface area contributed by atoms with E-state index < -0.39 is 0 Å². The van der Waals surface area contributed by atoms with E-state index >= 15 is 0 Å². The Kier molecular flexibility index (Phi) is 4.80. The van der Waals surface area contributed by atoms with Crippen molar-refractivity contribution in [1.82, 2.24) is 4.98 Å². The van der Waals surface area contributed by atoms with Crippen LogP contribution in [0.1, 0.15) is 13.8 Å². The Labute approximate surface area is 122 Å². The van der Waals surface area contributed by atoms with E-state index in [1.807, 2.05) is 12.1 Å². The number of nitrogens with one attached hydrogen (secondary N) is 1. The smallest absolute Gasteiger partial charge is 0.130 e. The summed E-state index contributed by atoms with van der Waals surface area (Å²) in [5, 5.41) is 3.28. The summed E-state index contributed by atoms with van der Waals surface area (Å²) in [5.41, 5.74) is 2.30. The van der Waals surface area contributed by atoms with E-state index in [9.17, 15) is 0 Å². The highest BCUT2D eigenvalue weighted by Gasteiger charge is 2.01. The zero-order chi connectivity index (χ0) is 13.7. The quantitative estimate of drug-likeness (QED) is 0.883. The first-order valence-electron chi connectivity index (χ1n) is 6.46. The molecule has 0 fully saturated rings. The van der Waals surface area contributed by atoms with Crippen molar-refractivity contribution in [3.63, 3.8) is 0 Å². The van der Waals surface area contributed by atoms with Crippen LogP contribution < -0.4 is 10.2 Å². The van der Waals surface area contributed by atoms with Crippen LogP contribution in [0.25, 0.3) is 0 Å². The van der Waals surface area contributed by atoms with Crippen LogP contribution in [0.15, 0.2) is 47.1 Å². The number of rotatable bonds is 5. The van der Waals surface area contributed by atoms with Gasteiger partial charge in [-0.15, -0.1) is 0 Å². The van der Waals surface area contributed by atoms with Gasteiger partial charge in [-0.2, -0.15) is 0 Å². The van der Waals surface area contributed by atoms with Gasteiger partial charge in [0.1, 0.15) is 5.82 Å². The van der Waals surface area contributed by atoms with Crippen molar-refractivity contribution in [2.24, 2.45) is 0 Å². The van der Waals surface area contributed by atoms with Crippen LogP contribution in [0.3, 0.4) is 0 Å². The molecule has 0 spiro atoms. The van der Waals surface area contributed by atoms with Crippen molar-refractivity contribution in [3.05, 3.63) is 47.1 Å². The van der Waals surface area contributed by atoms with Crippen molar-refractivity contribution >= 4 is 33.1 Å². The molecular formula is C15H18BrN3. The van der Waals surface area contributed by atoms with E-state index in [2.05, 4.69) is 69.2 Å². The Morgan fingerprint density at radius 3 is 2.26 bits per heavy atom. The molecule has 100 valence electrons. The second-order valence-corrected chi connectivity index (χ2v) is 5.12. The highest BCUT2D eigenvalue weighted by Crippen LogP contribution is 2.20. The third-order valence-electron chi connectivity index (χ3n) is 3.00. The fourth-order valence-corrected chi connectivity index (χ4v) is 2.18. The van der Waals surface area contributed by atoms with Gasteiger partial charge in [-0.25, -0.2) is 4.98 Å². The molecule has 0 radical (unpaired) electrons. The minimum Gasteiger partial charge on any atom is -0.372 e. The summed E-state index contributed by atoms with van der Waals surface area (Å²) in [6, 6.07) is 12.3. The first-order valence-corrected chi connectivity index (χ1v) is 7.25. The number of hydrogen-bond donors (Lipinski definition) is 1. The van der Waals surface area contributed by atoms with Crippen LogP contribution in [-0.4, -0.2) is 18.1 Å². The molecule has 0 aliphatic rings. The Balaban J connectivity index is 2.08. The topological polar surface area (TPSA) is 28.2 Å². The van der Waals surface area contributed by atoms with Gasteiger partial charge in [0.15, 0.2) is 0 Å². The van der Waals surface area contributed by atoms with Crippen molar-refractivity contribution in [2.75, 3.05) is 23.3 Å². The minimum atomic E-state index is 0.846. The summed E-state index contributed by atoms with van der Waals surface area (Å²) in [4.78, 5) is 6.62. The zero-order valence-electron chi connectivity index (χ0n) is 11.2. The summed E-state index contributed by atoms with van der Waals surface area (Å²) in [6.45, 7) is 6.39. The average molecular weight is 320 g/mol. The standard InChI is InChI=1S/C15H18BrN3/c1-3-19(4-2)14-8-6-13(7-9-14)18-15-10-5-12(16)11-17-15/h5-11H,3-4H2,1-2H3,(H,17,18). The molecule has 0 atom stereocenters. The van der Waals surface area contributed by atoms with E-state index in [1.54, 1.807) is 6.20 Å². The van der Waals surface area contributed by atoms with E-state index in [1.165, 1.54) is 5.69 Å². The number of pyridine rings is 1. The van der Waals surface area contributed by atoms with Crippen molar-refractivity contribution in [1.29, 1.82) is 0 Å². The summed E-state index contributed by atoms with van der Waals surface area (Å²) >= 11 is 3.38. The molecule has 1 aromatic carbocycles. The lowest BCUT2D eigenvalue weighted by Crippen LogP contribution is -2.21. The van der Waals surface area contributed by atoms with E-state index in [0.29, 0.717) is 0 Å². The Morgan fingerprint density at radius 1 is 1.05 bits per heavy atom. The molecule has 0 aliphatic carbocycles. The average Bonchev–Trinajstić information content (AvgIpc) is 2.44. The number of benzene rings is 1. The molecule has 0 saturated carbocycles. The van der Waals surface area contributed by atoms with Gasteiger partial charge in [0.05, 0.1) is 0 Å². The van der Waals surface area contributed by atoms with Gasteiger partial charge >= 0.3 is 0 Å². The molecule has 0 saturated heterocycles. The lowest BCUT2D eigenvalue weighted by atomic mass is 10.2. The van der Waals surface area contributed by atoms with Gasteiger partial charge in [-0.1, -0.05) is 0 Å². The lowest BCUT2D eigenvalue weighted by molar-refractivity contribution is 0.866. The van der Waals surface area contributed by atoms with Crippen molar-refractivity contribution < 1.29 is 0 Å². The van der Waals surface area contributed by atoms with Crippen LogP contribution >= 0.6 is 15.9 Å². The van der Waals surface area contributed by atoms with Gasteiger partial charge in [-0.05, 0) is 66.2 Å². The van der Waals surface area contributed by atoms with Crippen molar-refractivity contribution in [2.45, 2.75) is 13.8 Å². The molecule has 2 rings (SSSR count). The van der Waals surface area contributed by atoms with Crippen LogP contribution in [0.2, 0.25) is 0 Å². The third-order valence-corrected chi connectivity index (χ3v) is 3.46. The summed E-state index contributed by atoms with van der Waals surface area (Å²) in [5.74, 6) is 0.846. The number of anilines is 3. The molecule has 1 aromatic heterocycles. The summed E-state index contributed by atoms with van der Waals surface area (Å²) in [6.07, 6.45) is 1.78. The number of hydrogen-bond acceptors (Lipinski definition) is 3. The van der Waals surface area contributed by atoms with Gasteiger partial charge < -0.3 is 10.2 Å². The third kappa shape index (κ3) is 3.70. The van der Waals surface area contributed by atoms with E-state index in [0.717, 1.165) is 29.1 Å². The van der Waals surface area contributed by atoms with Crippen molar-refractivity contribution in [3.8, 4) is 0 Å². The second kappa shape index (κ2) is 6.57. The Hall–Kier alpha value is -1.55. The first kappa shape index (κ1) is 13.9. The molecule has 1 N–H and O–H groups in total. The van der Waals surface area contributed by atoms with E-state index in [-0.39, 0.29) is 0 Å². The fourth-order valence-electron chi connectivity index (χ4n) is 1.94. The summed E-state index contributed by atoms with van der Waals surface area (Å²) < 4.78 is 0.981. The molecule has 4 heteroatoms. The fraction of sp³-hybridized carbons (Fsp3) is 0.267. The van der Waals surface area contributed by atoms with Crippen LogP contribution in [0.4, 0.5) is 17.2 Å². The Bertz CT molecular complexity index is 504. The largest absolute Gasteiger partial charge is 0.372 e. The van der Waals surface area contributed by atoms with Crippen LogP contribution in [0.5, 0.6) is 0 Å². The Morgan fingerprint density at radius 2 is 1.74 bits per heavy atom. The highest BCUT2D eigenvalue weighted by atomic mass is 79.9. The predicted molar refractivity (Wildman–Crippen MR) is 85.2 cm³/mol. The normalized spacial score (nSPS) is 10.3. The lowest BCUT2D eigenvalue weighted by Gasteiger charge is -2.21. The number of halogens is 1. The SMILES string of the molecule is CCN(CC)c1ccc(Nc2ccc(Br)cn2)cc1. The van der Waals surface area contributed by atoms with Crippen LogP contribution in [0, 0.1) is 0 Å². The minimum absolute atomic E-state index is 0.846. The zero-order valence-corrected chi connectivity index (χ0v) is 12.8. The monoisotopic (exact) mass is 319 g/mol. The molecule has 0 unspecified atom stereocenters. The second-order valence-electron chi connectivity index (χ2n) is 4.21. The van der Waals surface area contributed by atoms with Gasteiger partial charge in [0.2, 0.25) is 0 Å². The van der Waals surface area contributed by atoms with Crippen LogP contribution in [-0.2, 0) is 0 Å². The first-order chi connectivity index (χ1) is 9.22. The molecule has 1 heterocycles. The molecule has 3 nitrogen and oxygen atoms in total. The highest BCUT2D eigenvalue weighted by molar-refractivity contribution is 9.10. The molecular weight excluding hydrogens is 302 g/mol. The maximum atomic E-state index is 4.30. The molecule has 0 amide bonds.